The van der Waals surface area contributed by atoms with Gasteiger partial charge in [-0.15, -0.1) is 0 Å². The van der Waals surface area contributed by atoms with Gasteiger partial charge in [0, 0.05) is 5.69 Å². The first-order chi connectivity index (χ1) is 9.95. The topological polar surface area (TPSA) is 75.6 Å². The van der Waals surface area contributed by atoms with Crippen LogP contribution in [0, 0.1) is 5.82 Å². The molecule has 1 aliphatic rings. The van der Waals surface area contributed by atoms with Crippen LogP contribution in [0.4, 0.5) is 10.1 Å². The number of anilines is 1. The third-order valence-corrected chi connectivity index (χ3v) is 4.55. The fourth-order valence-corrected chi connectivity index (χ4v) is 3.21. The van der Waals surface area contributed by atoms with E-state index in [0.29, 0.717) is 5.46 Å². The highest BCUT2D eigenvalue weighted by atomic mass is 32.2. The Hall–Kier alpha value is -1.90. The molecule has 3 rings (SSSR count). The molecule has 108 valence electrons. The molecule has 1 heterocycles. The Labute approximate surface area is 121 Å². The van der Waals surface area contributed by atoms with Gasteiger partial charge in [0.05, 0.1) is 11.5 Å². The lowest BCUT2D eigenvalue weighted by atomic mass is 9.79. The molecule has 0 atom stereocenters. The SMILES string of the molecule is O=S(=O)(Nc1ccc2c(c1)B(O)OC2)c1cccc(F)c1. The molecule has 0 unspecified atom stereocenters. The molecule has 0 radical (unpaired) electrons. The first-order valence-corrected chi connectivity index (χ1v) is 7.65. The fourth-order valence-electron chi connectivity index (χ4n) is 2.13. The number of halogens is 1. The highest BCUT2D eigenvalue weighted by molar-refractivity contribution is 7.92. The van der Waals surface area contributed by atoms with Gasteiger partial charge in [0.1, 0.15) is 5.82 Å². The van der Waals surface area contributed by atoms with E-state index in [0.717, 1.165) is 11.6 Å². The number of rotatable bonds is 3. The van der Waals surface area contributed by atoms with Crippen molar-refractivity contribution in [3.05, 3.63) is 53.8 Å². The third-order valence-electron chi connectivity index (χ3n) is 3.17. The summed E-state index contributed by atoms with van der Waals surface area (Å²) in [6.07, 6.45) is 0. The lowest BCUT2D eigenvalue weighted by molar-refractivity contribution is 0.275. The minimum Gasteiger partial charge on any atom is -0.423 e. The average molecular weight is 307 g/mol. The minimum atomic E-state index is -3.88. The molecule has 21 heavy (non-hydrogen) atoms. The van der Waals surface area contributed by atoms with Crippen LogP contribution in [-0.4, -0.2) is 20.6 Å². The van der Waals surface area contributed by atoms with Crippen LogP contribution in [0.5, 0.6) is 0 Å². The van der Waals surface area contributed by atoms with Gasteiger partial charge in [0.25, 0.3) is 10.0 Å². The number of fused-ring (bicyclic) bond motifs is 1. The molecule has 0 saturated carbocycles. The molecule has 0 bridgehead atoms. The number of hydrogen-bond acceptors (Lipinski definition) is 4. The van der Waals surface area contributed by atoms with Gasteiger partial charge in [-0.1, -0.05) is 12.1 Å². The van der Waals surface area contributed by atoms with Crippen molar-refractivity contribution in [2.24, 2.45) is 0 Å². The zero-order valence-electron chi connectivity index (χ0n) is 10.8. The summed E-state index contributed by atoms with van der Waals surface area (Å²) in [4.78, 5) is -0.167. The van der Waals surface area contributed by atoms with E-state index in [1.807, 2.05) is 0 Å². The summed E-state index contributed by atoms with van der Waals surface area (Å²) in [5, 5.41) is 9.61. The second-order valence-electron chi connectivity index (χ2n) is 4.64. The predicted molar refractivity (Wildman–Crippen MR) is 76.0 cm³/mol. The van der Waals surface area contributed by atoms with Crippen LogP contribution in [0.15, 0.2) is 47.4 Å². The molecule has 2 aromatic carbocycles. The number of hydrogen-bond donors (Lipinski definition) is 2. The van der Waals surface area contributed by atoms with Crippen molar-refractivity contribution in [1.29, 1.82) is 0 Å². The van der Waals surface area contributed by atoms with Crippen LogP contribution < -0.4 is 10.2 Å². The van der Waals surface area contributed by atoms with Gasteiger partial charge in [-0.2, -0.15) is 0 Å². The van der Waals surface area contributed by atoms with E-state index in [9.17, 15) is 17.8 Å². The summed E-state index contributed by atoms with van der Waals surface area (Å²) in [6.45, 7) is 0.285. The molecule has 0 fully saturated rings. The van der Waals surface area contributed by atoms with Crippen molar-refractivity contribution in [3.8, 4) is 0 Å². The van der Waals surface area contributed by atoms with Crippen LogP contribution in [0.25, 0.3) is 0 Å². The van der Waals surface area contributed by atoms with Crippen LogP contribution in [0.3, 0.4) is 0 Å². The van der Waals surface area contributed by atoms with Crippen molar-refractivity contribution < 1.29 is 22.5 Å². The molecule has 8 heteroatoms. The molecule has 2 N–H and O–H groups in total. The molecule has 0 saturated heterocycles. The van der Waals surface area contributed by atoms with E-state index in [-0.39, 0.29) is 17.2 Å². The molecule has 2 aromatic rings. The Balaban J connectivity index is 1.91. The van der Waals surface area contributed by atoms with Crippen molar-refractivity contribution in [2.45, 2.75) is 11.5 Å². The first kappa shape index (κ1) is 14.1. The van der Waals surface area contributed by atoms with Crippen LogP contribution >= 0.6 is 0 Å². The summed E-state index contributed by atoms with van der Waals surface area (Å²) in [5.41, 5.74) is 1.60. The first-order valence-electron chi connectivity index (χ1n) is 6.16. The Morgan fingerprint density at radius 1 is 1.24 bits per heavy atom. The Morgan fingerprint density at radius 3 is 2.81 bits per heavy atom. The van der Waals surface area contributed by atoms with Crippen molar-refractivity contribution in [2.75, 3.05) is 4.72 Å². The second kappa shape index (κ2) is 5.14. The molecule has 0 aromatic heterocycles. The van der Waals surface area contributed by atoms with Gasteiger partial charge >= 0.3 is 7.12 Å². The number of benzene rings is 2. The quantitative estimate of drug-likeness (QED) is 0.824. The van der Waals surface area contributed by atoms with Gasteiger partial charge in [0.15, 0.2) is 0 Å². The Morgan fingerprint density at radius 2 is 2.05 bits per heavy atom. The zero-order valence-corrected chi connectivity index (χ0v) is 11.6. The highest BCUT2D eigenvalue weighted by Gasteiger charge is 2.27. The molecule has 1 aliphatic heterocycles. The summed E-state index contributed by atoms with van der Waals surface area (Å²) < 4.78 is 44.8. The standard InChI is InChI=1S/C13H11BFNO4S/c15-10-2-1-3-12(6-10)21(18,19)16-11-5-4-9-8-20-14(17)13(9)7-11/h1-7,16-17H,8H2. The maximum Gasteiger partial charge on any atom is 0.491 e. The average Bonchev–Trinajstić information content (AvgIpc) is 2.80. The number of nitrogens with one attached hydrogen (secondary N) is 1. The monoisotopic (exact) mass is 307 g/mol. The maximum absolute atomic E-state index is 13.1. The summed E-state index contributed by atoms with van der Waals surface area (Å²) in [6, 6.07) is 9.48. The van der Waals surface area contributed by atoms with E-state index in [1.54, 1.807) is 12.1 Å². The Kier molecular flexibility index (Phi) is 3.44. The second-order valence-corrected chi connectivity index (χ2v) is 6.32. The predicted octanol–water partition coefficient (Wildman–Crippen LogP) is 0.844. The smallest absolute Gasteiger partial charge is 0.423 e. The van der Waals surface area contributed by atoms with Crippen LogP contribution in [0.2, 0.25) is 0 Å². The van der Waals surface area contributed by atoms with Gasteiger partial charge in [-0.05, 0) is 41.4 Å². The molecular formula is C13H11BFNO4S. The highest BCUT2D eigenvalue weighted by Crippen LogP contribution is 2.19. The van der Waals surface area contributed by atoms with E-state index < -0.39 is 23.0 Å². The lowest BCUT2D eigenvalue weighted by Gasteiger charge is -2.09. The maximum atomic E-state index is 13.1. The van der Waals surface area contributed by atoms with Gasteiger partial charge in [0.2, 0.25) is 0 Å². The van der Waals surface area contributed by atoms with Crippen molar-refractivity contribution in [1.82, 2.24) is 0 Å². The van der Waals surface area contributed by atoms with E-state index in [2.05, 4.69) is 4.72 Å². The molecular weight excluding hydrogens is 296 g/mol. The normalized spacial score (nSPS) is 14.1. The van der Waals surface area contributed by atoms with Crippen molar-refractivity contribution in [3.63, 3.8) is 0 Å². The third kappa shape index (κ3) is 2.78. The van der Waals surface area contributed by atoms with E-state index in [1.165, 1.54) is 24.3 Å². The van der Waals surface area contributed by atoms with Gasteiger partial charge < -0.3 is 9.68 Å². The van der Waals surface area contributed by atoms with E-state index >= 15 is 0 Å². The van der Waals surface area contributed by atoms with Gasteiger partial charge in [-0.3, -0.25) is 4.72 Å². The Bertz CT molecular complexity index is 797. The van der Waals surface area contributed by atoms with E-state index in [4.69, 9.17) is 4.65 Å². The molecule has 0 amide bonds. The summed E-state index contributed by atoms with van der Waals surface area (Å²) >= 11 is 0. The van der Waals surface area contributed by atoms with Crippen LogP contribution in [0.1, 0.15) is 5.56 Å². The summed E-state index contributed by atoms with van der Waals surface area (Å²) in [7, 11) is -4.94. The number of sulfonamides is 1. The fraction of sp³-hybridized carbons (Fsp3) is 0.0769. The molecule has 5 nitrogen and oxygen atoms in total. The van der Waals surface area contributed by atoms with Crippen molar-refractivity contribution >= 4 is 28.3 Å². The zero-order chi connectivity index (χ0) is 15.0. The molecule has 0 aliphatic carbocycles. The lowest BCUT2D eigenvalue weighted by Crippen LogP contribution is -2.28. The van der Waals surface area contributed by atoms with Gasteiger partial charge in [-0.25, -0.2) is 12.8 Å². The molecule has 0 spiro atoms. The van der Waals surface area contributed by atoms with Crippen LogP contribution in [-0.2, 0) is 21.3 Å². The summed E-state index contributed by atoms with van der Waals surface area (Å²) in [5.74, 6) is -0.629. The largest absolute Gasteiger partial charge is 0.491 e. The minimum absolute atomic E-state index is 0.167.